The molecule has 0 saturated carbocycles. The minimum atomic E-state index is -4.02. The highest BCUT2D eigenvalue weighted by Gasteiger charge is 2.36. The van der Waals surface area contributed by atoms with Crippen molar-refractivity contribution in [1.82, 2.24) is 10.0 Å². The van der Waals surface area contributed by atoms with Crippen LogP contribution < -0.4 is 26.2 Å². The number of nitrogens with zero attached hydrogens (tertiary/aromatic N) is 1. The number of aliphatic imine (C=N–C) groups is 1. The molecule has 2 atom stereocenters. The lowest BCUT2D eigenvalue weighted by Gasteiger charge is -2.25. The van der Waals surface area contributed by atoms with Crippen LogP contribution in [-0.4, -0.2) is 56.1 Å². The maximum atomic E-state index is 13.3. The lowest BCUT2D eigenvalue weighted by Crippen LogP contribution is -2.49. The molecule has 0 fully saturated rings. The van der Waals surface area contributed by atoms with Crippen molar-refractivity contribution >= 4 is 27.9 Å². The van der Waals surface area contributed by atoms with Gasteiger partial charge in [-0.2, -0.15) is 0 Å². The fourth-order valence-corrected chi connectivity index (χ4v) is 5.81. The molecule has 1 aliphatic heterocycles. The minimum absolute atomic E-state index is 0.116. The van der Waals surface area contributed by atoms with E-state index < -0.39 is 45.2 Å². The summed E-state index contributed by atoms with van der Waals surface area (Å²) in [4.78, 5) is 28.9. The summed E-state index contributed by atoms with van der Waals surface area (Å²) >= 11 is 0. The van der Waals surface area contributed by atoms with Gasteiger partial charge in [0.15, 0.2) is 0 Å². The zero-order valence-corrected chi connectivity index (χ0v) is 24.8. The van der Waals surface area contributed by atoms with E-state index in [9.17, 15) is 18.0 Å². The van der Waals surface area contributed by atoms with Crippen molar-refractivity contribution in [2.75, 3.05) is 6.54 Å². The topological polar surface area (TPSA) is 175 Å². The van der Waals surface area contributed by atoms with Crippen molar-refractivity contribution in [2.45, 2.75) is 110 Å². The third kappa shape index (κ3) is 7.83. The largest absolute Gasteiger partial charge is 0.487 e. The fraction of sp³-hybridized carbons (Fsp3) is 0.654. The molecular formula is C26H43N5O6S. The van der Waals surface area contributed by atoms with Gasteiger partial charge in [-0.3, -0.25) is 9.79 Å². The predicted molar refractivity (Wildman–Crippen MR) is 147 cm³/mol. The van der Waals surface area contributed by atoms with E-state index in [0.29, 0.717) is 24.0 Å². The summed E-state index contributed by atoms with van der Waals surface area (Å²) in [6.45, 7) is 16.1. The monoisotopic (exact) mass is 553 g/mol. The molecule has 1 aliphatic rings. The van der Waals surface area contributed by atoms with Gasteiger partial charge in [-0.25, -0.2) is 17.9 Å². The first-order valence-electron chi connectivity index (χ1n) is 12.7. The number of nitrogens with two attached hydrogens (primary N) is 2. The molecule has 12 heteroatoms. The zero-order valence-electron chi connectivity index (χ0n) is 23.9. The van der Waals surface area contributed by atoms with E-state index in [0.717, 1.165) is 16.9 Å². The molecular weight excluding hydrogens is 510 g/mol. The number of ether oxygens (including phenoxy) is 2. The van der Waals surface area contributed by atoms with Gasteiger partial charge in [-0.05, 0) is 91.8 Å². The zero-order chi connectivity index (χ0) is 29.2. The van der Waals surface area contributed by atoms with Crippen molar-refractivity contribution < 1.29 is 27.5 Å². The average molecular weight is 554 g/mol. The fourth-order valence-electron chi connectivity index (χ4n) is 4.29. The number of benzene rings is 1. The highest BCUT2D eigenvalue weighted by Crippen LogP contribution is 2.43. The quantitative estimate of drug-likeness (QED) is 0.155. The van der Waals surface area contributed by atoms with Crippen molar-refractivity contribution in [2.24, 2.45) is 16.5 Å². The predicted octanol–water partition coefficient (Wildman–Crippen LogP) is 1.87. The van der Waals surface area contributed by atoms with Crippen molar-refractivity contribution in [3.8, 4) is 5.75 Å². The Hall–Kier alpha value is -2.86. The van der Waals surface area contributed by atoms with Gasteiger partial charge in [0.1, 0.15) is 23.0 Å². The van der Waals surface area contributed by atoms with Crippen LogP contribution in [-0.2, 0) is 30.8 Å². The van der Waals surface area contributed by atoms with Crippen LogP contribution in [0.1, 0.15) is 76.6 Å². The van der Waals surface area contributed by atoms with Crippen LogP contribution in [0.4, 0.5) is 0 Å². The van der Waals surface area contributed by atoms with Gasteiger partial charge in [-0.1, -0.05) is 0 Å². The molecule has 6 N–H and O–H groups in total. The summed E-state index contributed by atoms with van der Waals surface area (Å²) in [5, 5.41) is 2.59. The van der Waals surface area contributed by atoms with Crippen LogP contribution in [0.5, 0.6) is 5.75 Å². The number of fused-ring (bicyclic) bond motifs is 1. The number of esters is 1. The Morgan fingerprint density at radius 3 is 2.32 bits per heavy atom. The number of rotatable bonds is 9. The van der Waals surface area contributed by atoms with Gasteiger partial charge in [-0.15, -0.1) is 0 Å². The van der Waals surface area contributed by atoms with E-state index in [1.807, 2.05) is 20.8 Å². The van der Waals surface area contributed by atoms with Crippen LogP contribution >= 0.6 is 0 Å². The maximum Gasteiger partial charge on any atom is 0.329 e. The van der Waals surface area contributed by atoms with Gasteiger partial charge in [0, 0.05) is 18.5 Å². The Morgan fingerprint density at radius 2 is 1.76 bits per heavy atom. The molecule has 1 aromatic rings. The standard InChI is InChI=1S/C26H43N5O6S/c1-14-15(2)21(16(3)18-13-26(8,9)36-20(14)18)38(34,35)31-24(28)29-12-10-11-19(30-22(32)17(4)27)23(33)37-25(5,6)7/h17,19H,10-13,27H2,1-9H3,(H,30,32)(H3,28,29,31)/t17-,19-/m0/s1. The maximum absolute atomic E-state index is 13.3. The Bertz CT molecular complexity index is 1220. The van der Waals surface area contributed by atoms with Gasteiger partial charge < -0.3 is 26.3 Å². The molecule has 38 heavy (non-hydrogen) atoms. The molecule has 0 bridgehead atoms. The summed E-state index contributed by atoms with van der Waals surface area (Å²) in [6, 6.07) is -1.72. The van der Waals surface area contributed by atoms with Crippen LogP contribution in [0.2, 0.25) is 0 Å². The van der Waals surface area contributed by atoms with Crippen molar-refractivity contribution in [3.63, 3.8) is 0 Å². The van der Waals surface area contributed by atoms with Gasteiger partial charge >= 0.3 is 5.97 Å². The van der Waals surface area contributed by atoms with Crippen LogP contribution in [0, 0.1) is 20.8 Å². The number of guanidine groups is 1. The molecule has 0 saturated heterocycles. The summed E-state index contributed by atoms with van der Waals surface area (Å²) in [5.41, 5.74) is 13.2. The Balaban J connectivity index is 2.13. The van der Waals surface area contributed by atoms with E-state index in [1.165, 1.54) is 6.92 Å². The number of carbonyl (C=O) groups is 2. The molecule has 1 heterocycles. The van der Waals surface area contributed by atoms with E-state index in [2.05, 4.69) is 15.0 Å². The second-order valence-corrected chi connectivity index (χ2v) is 13.1. The molecule has 1 aromatic carbocycles. The third-order valence-electron chi connectivity index (χ3n) is 6.15. The Morgan fingerprint density at radius 1 is 1.16 bits per heavy atom. The number of sulfonamides is 1. The van der Waals surface area contributed by atoms with E-state index >= 15 is 0 Å². The number of amides is 1. The lowest BCUT2D eigenvalue weighted by atomic mass is 9.94. The van der Waals surface area contributed by atoms with Gasteiger partial charge in [0.05, 0.1) is 10.9 Å². The molecule has 11 nitrogen and oxygen atoms in total. The highest BCUT2D eigenvalue weighted by molar-refractivity contribution is 7.90. The normalized spacial score (nSPS) is 16.7. The molecule has 0 radical (unpaired) electrons. The summed E-state index contributed by atoms with van der Waals surface area (Å²) in [7, 11) is -4.02. The SMILES string of the molecule is Cc1c(C)c(S(=O)(=O)NC(N)=NCCC[C@H](NC(=O)[C@H](C)N)C(=O)OC(C)(C)C)c(C)c2c1OC(C)(C)C2. The Labute approximate surface area is 226 Å². The molecule has 214 valence electrons. The Kier molecular flexibility index (Phi) is 9.48. The number of nitrogens with one attached hydrogen (secondary N) is 2. The molecule has 1 amide bonds. The second-order valence-electron chi connectivity index (χ2n) is 11.4. The van der Waals surface area contributed by atoms with Crippen LogP contribution in [0.15, 0.2) is 9.89 Å². The van der Waals surface area contributed by atoms with E-state index in [4.69, 9.17) is 20.9 Å². The minimum Gasteiger partial charge on any atom is -0.487 e. The number of hydrogen-bond acceptors (Lipinski definition) is 8. The van der Waals surface area contributed by atoms with Gasteiger partial charge in [0.2, 0.25) is 11.9 Å². The smallest absolute Gasteiger partial charge is 0.329 e. The number of carbonyl (C=O) groups excluding carboxylic acids is 2. The average Bonchev–Trinajstić information content (AvgIpc) is 3.08. The number of hydrogen-bond donors (Lipinski definition) is 4. The highest BCUT2D eigenvalue weighted by atomic mass is 32.2. The first-order valence-corrected chi connectivity index (χ1v) is 14.2. The summed E-state index contributed by atoms with van der Waals surface area (Å²) in [5.74, 6) is -0.608. The summed E-state index contributed by atoms with van der Waals surface area (Å²) in [6.07, 6.45) is 1.13. The van der Waals surface area contributed by atoms with Crippen LogP contribution in [0.25, 0.3) is 0 Å². The molecule has 0 aliphatic carbocycles. The lowest BCUT2D eigenvalue weighted by molar-refractivity contribution is -0.158. The van der Waals surface area contributed by atoms with Crippen LogP contribution in [0.3, 0.4) is 0 Å². The van der Waals surface area contributed by atoms with Crippen molar-refractivity contribution in [1.29, 1.82) is 0 Å². The van der Waals surface area contributed by atoms with Gasteiger partial charge in [0.25, 0.3) is 10.0 Å². The molecule has 0 aromatic heterocycles. The summed E-state index contributed by atoms with van der Waals surface area (Å²) < 4.78 is 40.5. The molecule has 0 spiro atoms. The first-order chi connectivity index (χ1) is 17.3. The molecule has 2 rings (SSSR count). The van der Waals surface area contributed by atoms with E-state index in [1.54, 1.807) is 34.6 Å². The van der Waals surface area contributed by atoms with Crippen molar-refractivity contribution in [3.05, 3.63) is 22.3 Å². The third-order valence-corrected chi connectivity index (χ3v) is 7.78. The molecule has 0 unspecified atom stereocenters. The first kappa shape index (κ1) is 31.4. The second kappa shape index (κ2) is 11.5. The van der Waals surface area contributed by atoms with E-state index in [-0.39, 0.29) is 23.8 Å².